The second-order valence-corrected chi connectivity index (χ2v) is 9.94. The maximum Gasteiger partial charge on any atom is 0.258 e. The van der Waals surface area contributed by atoms with Crippen LogP contribution >= 0.6 is 55.1 Å². The fourth-order valence-electron chi connectivity index (χ4n) is 3.44. The molecule has 1 fully saturated rings. The van der Waals surface area contributed by atoms with E-state index in [1.54, 1.807) is 36.4 Å². The highest BCUT2D eigenvalue weighted by molar-refractivity contribution is 9.10. The van der Waals surface area contributed by atoms with Crippen LogP contribution in [-0.4, -0.2) is 37.1 Å². The highest BCUT2D eigenvalue weighted by atomic mass is 79.9. The van der Waals surface area contributed by atoms with E-state index in [4.69, 9.17) is 32.7 Å². The van der Waals surface area contributed by atoms with E-state index in [1.165, 1.54) is 0 Å². The van der Waals surface area contributed by atoms with E-state index < -0.39 is 0 Å². The van der Waals surface area contributed by atoms with Crippen LogP contribution in [-0.2, 0) is 9.59 Å². The number of hydrogen-bond donors (Lipinski definition) is 2. The van der Waals surface area contributed by atoms with Crippen LogP contribution < -0.4 is 20.1 Å². The van der Waals surface area contributed by atoms with Gasteiger partial charge in [0.2, 0.25) is 0 Å². The summed E-state index contributed by atoms with van der Waals surface area (Å²) < 4.78 is 12.5. The van der Waals surface area contributed by atoms with Gasteiger partial charge in [-0.15, -0.1) is 0 Å². The van der Waals surface area contributed by atoms with Gasteiger partial charge in [0, 0.05) is 22.1 Å². The Hall–Kier alpha value is -1.48. The minimum absolute atomic E-state index is 0.134. The van der Waals surface area contributed by atoms with Gasteiger partial charge in [-0.25, -0.2) is 0 Å². The van der Waals surface area contributed by atoms with E-state index in [1.807, 2.05) is 0 Å². The number of ether oxygens (including phenoxy) is 2. The molecular formula is C22H22Br2Cl2N2O4. The Morgan fingerprint density at radius 3 is 1.59 bits per heavy atom. The summed E-state index contributed by atoms with van der Waals surface area (Å²) in [5.41, 5.74) is 0. The quantitative estimate of drug-likeness (QED) is 0.414. The van der Waals surface area contributed by atoms with Crippen LogP contribution in [0.5, 0.6) is 11.5 Å². The van der Waals surface area contributed by atoms with Gasteiger partial charge in [-0.2, -0.15) is 0 Å². The SMILES string of the molecule is O=C(COc1ccc(Cl)cc1Br)N[C@H]1CCCC[C@@H]1NC(=O)COc1ccc(Cl)cc1Br. The fraction of sp³-hybridized carbons (Fsp3) is 0.364. The molecule has 0 aliphatic heterocycles. The van der Waals surface area contributed by atoms with Crippen LogP contribution in [0.1, 0.15) is 25.7 Å². The molecular weight excluding hydrogens is 587 g/mol. The van der Waals surface area contributed by atoms with Crippen LogP contribution in [0.3, 0.4) is 0 Å². The predicted molar refractivity (Wildman–Crippen MR) is 132 cm³/mol. The summed E-state index contributed by atoms with van der Waals surface area (Å²) in [7, 11) is 0. The lowest BCUT2D eigenvalue weighted by molar-refractivity contribution is -0.127. The Balaban J connectivity index is 1.48. The number of nitrogens with one attached hydrogen (secondary N) is 2. The molecule has 10 heteroatoms. The number of carbonyl (C=O) groups is 2. The molecule has 0 saturated heterocycles. The van der Waals surface area contributed by atoms with Crippen molar-refractivity contribution < 1.29 is 19.1 Å². The van der Waals surface area contributed by atoms with Crippen LogP contribution in [0.4, 0.5) is 0 Å². The molecule has 2 N–H and O–H groups in total. The maximum absolute atomic E-state index is 12.4. The Labute approximate surface area is 213 Å². The lowest BCUT2D eigenvalue weighted by Crippen LogP contribution is -2.54. The molecule has 2 amide bonds. The van der Waals surface area contributed by atoms with Gasteiger partial charge in [0.25, 0.3) is 11.8 Å². The summed E-state index contributed by atoms with van der Waals surface area (Å²) in [6, 6.07) is 9.84. The molecule has 1 aliphatic rings. The van der Waals surface area contributed by atoms with Crippen LogP contribution in [0.25, 0.3) is 0 Å². The van der Waals surface area contributed by atoms with Gasteiger partial charge in [-0.05, 0) is 81.1 Å². The number of amides is 2. The first kappa shape index (κ1) is 25.1. The third kappa shape index (κ3) is 7.54. The summed E-state index contributed by atoms with van der Waals surface area (Å²) >= 11 is 18.6. The Morgan fingerprint density at radius 1 is 0.812 bits per heavy atom. The van der Waals surface area contributed by atoms with E-state index in [-0.39, 0.29) is 37.1 Å². The van der Waals surface area contributed by atoms with Gasteiger partial charge in [0.1, 0.15) is 11.5 Å². The topological polar surface area (TPSA) is 76.7 Å². The molecule has 0 aromatic heterocycles. The first-order valence-corrected chi connectivity index (χ1v) is 12.4. The summed E-state index contributed by atoms with van der Waals surface area (Å²) in [6.07, 6.45) is 3.53. The Kier molecular flexibility index (Phi) is 9.52. The lowest BCUT2D eigenvalue weighted by Gasteiger charge is -2.32. The lowest BCUT2D eigenvalue weighted by atomic mass is 9.90. The molecule has 2 aromatic rings. The highest BCUT2D eigenvalue weighted by Crippen LogP contribution is 2.29. The predicted octanol–water partition coefficient (Wildman–Crippen LogP) is 5.52. The van der Waals surface area contributed by atoms with Gasteiger partial charge >= 0.3 is 0 Å². The van der Waals surface area contributed by atoms with E-state index >= 15 is 0 Å². The number of halogens is 4. The first-order chi connectivity index (χ1) is 15.3. The first-order valence-electron chi connectivity index (χ1n) is 10.1. The number of benzene rings is 2. The normalized spacial score (nSPS) is 18.0. The standard InChI is InChI=1S/C22H22Br2Cl2N2O4/c23-15-9-13(25)5-7-19(15)31-11-21(29)27-17-3-1-2-4-18(17)28-22(30)12-32-20-8-6-14(26)10-16(20)24/h5-10,17-18H,1-4,11-12H2,(H,27,29)(H,28,30)/t17-,18-/m0/s1. The van der Waals surface area contributed by atoms with Crippen LogP contribution in [0, 0.1) is 0 Å². The summed E-state index contributed by atoms with van der Waals surface area (Å²) in [6.45, 7) is -0.268. The molecule has 3 rings (SSSR count). The minimum Gasteiger partial charge on any atom is -0.483 e. The zero-order valence-electron chi connectivity index (χ0n) is 17.0. The largest absolute Gasteiger partial charge is 0.483 e. The van der Waals surface area contributed by atoms with Crippen molar-refractivity contribution in [3.63, 3.8) is 0 Å². The second kappa shape index (κ2) is 12.1. The number of hydrogen-bond acceptors (Lipinski definition) is 4. The molecule has 2 atom stereocenters. The number of carbonyl (C=O) groups excluding carboxylic acids is 2. The molecule has 0 bridgehead atoms. The minimum atomic E-state index is -0.251. The van der Waals surface area contributed by atoms with Gasteiger partial charge < -0.3 is 20.1 Å². The van der Waals surface area contributed by atoms with Crippen molar-refractivity contribution in [2.24, 2.45) is 0 Å². The van der Waals surface area contributed by atoms with E-state index in [0.717, 1.165) is 25.7 Å². The van der Waals surface area contributed by atoms with Crippen molar-refractivity contribution in [1.29, 1.82) is 0 Å². The Bertz CT molecular complexity index is 899. The molecule has 0 spiro atoms. The smallest absolute Gasteiger partial charge is 0.258 e. The molecule has 0 unspecified atom stereocenters. The van der Waals surface area contributed by atoms with Gasteiger partial charge in [0.05, 0.1) is 8.95 Å². The highest BCUT2D eigenvalue weighted by Gasteiger charge is 2.28. The third-order valence-corrected chi connectivity index (χ3v) is 6.67. The van der Waals surface area contributed by atoms with Crippen molar-refractivity contribution in [3.8, 4) is 11.5 Å². The average molecular weight is 609 g/mol. The number of rotatable bonds is 8. The van der Waals surface area contributed by atoms with E-state index in [9.17, 15) is 9.59 Å². The zero-order valence-corrected chi connectivity index (χ0v) is 21.7. The van der Waals surface area contributed by atoms with Gasteiger partial charge in [-0.3, -0.25) is 9.59 Å². The second-order valence-electron chi connectivity index (χ2n) is 7.36. The maximum atomic E-state index is 12.4. The molecule has 0 heterocycles. The van der Waals surface area contributed by atoms with Gasteiger partial charge in [-0.1, -0.05) is 36.0 Å². The molecule has 6 nitrogen and oxygen atoms in total. The average Bonchev–Trinajstić information content (AvgIpc) is 2.74. The zero-order chi connectivity index (χ0) is 23.1. The molecule has 1 aliphatic carbocycles. The fourth-order valence-corrected chi connectivity index (χ4v) is 5.04. The third-order valence-electron chi connectivity index (χ3n) is 4.96. The van der Waals surface area contributed by atoms with Crippen molar-refractivity contribution in [3.05, 3.63) is 55.4 Å². The molecule has 172 valence electrons. The molecule has 32 heavy (non-hydrogen) atoms. The molecule has 1 saturated carbocycles. The summed E-state index contributed by atoms with van der Waals surface area (Å²) in [4.78, 5) is 24.9. The van der Waals surface area contributed by atoms with E-state index in [0.29, 0.717) is 30.5 Å². The van der Waals surface area contributed by atoms with Gasteiger partial charge in [0.15, 0.2) is 13.2 Å². The summed E-state index contributed by atoms with van der Waals surface area (Å²) in [5.74, 6) is 0.561. The van der Waals surface area contributed by atoms with Crippen molar-refractivity contribution >= 4 is 66.9 Å². The van der Waals surface area contributed by atoms with Crippen LogP contribution in [0.2, 0.25) is 10.0 Å². The monoisotopic (exact) mass is 606 g/mol. The van der Waals surface area contributed by atoms with Crippen molar-refractivity contribution in [2.45, 2.75) is 37.8 Å². The molecule has 2 aromatic carbocycles. The Morgan fingerprint density at radius 2 is 1.22 bits per heavy atom. The summed E-state index contributed by atoms with van der Waals surface area (Å²) in [5, 5.41) is 7.11. The van der Waals surface area contributed by atoms with Crippen molar-refractivity contribution in [1.82, 2.24) is 10.6 Å². The van der Waals surface area contributed by atoms with Crippen molar-refractivity contribution in [2.75, 3.05) is 13.2 Å². The van der Waals surface area contributed by atoms with E-state index in [2.05, 4.69) is 42.5 Å². The van der Waals surface area contributed by atoms with Crippen LogP contribution in [0.15, 0.2) is 45.3 Å². The molecule has 0 radical (unpaired) electrons.